The van der Waals surface area contributed by atoms with E-state index in [1.165, 1.54) is 5.56 Å². The molecule has 0 radical (unpaired) electrons. The molecular formula is C32H34N2O6. The van der Waals surface area contributed by atoms with Crippen molar-refractivity contribution >= 4 is 5.97 Å². The Bertz CT molecular complexity index is 1420. The minimum Gasteiger partial charge on any atom is -0.490 e. The topological polar surface area (TPSA) is 113 Å². The van der Waals surface area contributed by atoms with Gasteiger partial charge in [0.05, 0.1) is 19.1 Å². The number of allylic oxidation sites excluding steroid dienone is 1. The third kappa shape index (κ3) is 6.49. The van der Waals surface area contributed by atoms with Crippen LogP contribution in [0.3, 0.4) is 0 Å². The standard InChI is InChI=1S/C32H34N2O6/c1-5-15-37-27-14-9-22(16-29(27)36-6-2)31-25-13-12-24(17-28(25)40-32(34)26(31)18-33)39-30(35)19-38-23-10-7-21(8-11-23)20(3)4/h7-14,16-17,20,31H,5-6,15,19,34H2,1-4H3. The number of carbonyl (C=O) groups is 1. The Balaban J connectivity index is 1.54. The minimum absolute atomic E-state index is 0.0130. The molecule has 0 saturated heterocycles. The zero-order valence-corrected chi connectivity index (χ0v) is 23.2. The molecular weight excluding hydrogens is 508 g/mol. The summed E-state index contributed by atoms with van der Waals surface area (Å²) in [4.78, 5) is 12.5. The molecule has 0 fully saturated rings. The van der Waals surface area contributed by atoms with E-state index in [-0.39, 0.29) is 23.8 Å². The molecule has 1 unspecified atom stereocenters. The number of carbonyl (C=O) groups excluding carboxylic acids is 1. The number of fused-ring (bicyclic) bond motifs is 1. The van der Waals surface area contributed by atoms with Gasteiger partial charge in [-0.2, -0.15) is 5.26 Å². The van der Waals surface area contributed by atoms with Gasteiger partial charge < -0.3 is 29.4 Å². The van der Waals surface area contributed by atoms with E-state index in [1.807, 2.05) is 56.3 Å². The summed E-state index contributed by atoms with van der Waals surface area (Å²) in [6, 6.07) is 20.4. The van der Waals surface area contributed by atoms with Gasteiger partial charge in [0.2, 0.25) is 5.88 Å². The first-order chi connectivity index (χ1) is 19.3. The van der Waals surface area contributed by atoms with Crippen LogP contribution in [-0.4, -0.2) is 25.8 Å². The number of rotatable bonds is 11. The van der Waals surface area contributed by atoms with E-state index in [1.54, 1.807) is 18.2 Å². The fraction of sp³-hybridized carbons (Fsp3) is 0.312. The highest BCUT2D eigenvalue weighted by atomic mass is 16.6. The zero-order valence-electron chi connectivity index (χ0n) is 23.2. The van der Waals surface area contributed by atoms with Crippen molar-refractivity contribution in [3.05, 3.63) is 88.8 Å². The summed E-state index contributed by atoms with van der Waals surface area (Å²) in [7, 11) is 0. The lowest BCUT2D eigenvalue weighted by Gasteiger charge is -2.27. The van der Waals surface area contributed by atoms with Crippen LogP contribution >= 0.6 is 0 Å². The molecule has 0 saturated carbocycles. The lowest BCUT2D eigenvalue weighted by molar-refractivity contribution is -0.136. The number of ether oxygens (including phenoxy) is 5. The largest absolute Gasteiger partial charge is 0.490 e. The highest BCUT2D eigenvalue weighted by Crippen LogP contribution is 2.45. The second-order valence-corrected chi connectivity index (χ2v) is 9.60. The summed E-state index contributed by atoms with van der Waals surface area (Å²) >= 11 is 0. The predicted octanol–water partition coefficient (Wildman–Crippen LogP) is 6.20. The van der Waals surface area contributed by atoms with Gasteiger partial charge in [0.1, 0.15) is 28.9 Å². The van der Waals surface area contributed by atoms with Gasteiger partial charge in [-0.1, -0.05) is 45.0 Å². The van der Waals surface area contributed by atoms with Crippen molar-refractivity contribution in [3.63, 3.8) is 0 Å². The monoisotopic (exact) mass is 542 g/mol. The van der Waals surface area contributed by atoms with Crippen molar-refractivity contribution in [2.45, 2.75) is 46.0 Å². The van der Waals surface area contributed by atoms with Gasteiger partial charge in [-0.15, -0.1) is 0 Å². The van der Waals surface area contributed by atoms with Gasteiger partial charge in [-0.25, -0.2) is 4.79 Å². The highest BCUT2D eigenvalue weighted by molar-refractivity contribution is 5.74. The van der Waals surface area contributed by atoms with Gasteiger partial charge in [0.15, 0.2) is 18.1 Å². The summed E-state index contributed by atoms with van der Waals surface area (Å²) in [5.41, 5.74) is 9.13. The van der Waals surface area contributed by atoms with E-state index in [9.17, 15) is 10.1 Å². The Kier molecular flexibility index (Phi) is 9.18. The van der Waals surface area contributed by atoms with Crippen LogP contribution in [0.25, 0.3) is 0 Å². The quantitative estimate of drug-likeness (QED) is 0.225. The minimum atomic E-state index is -0.564. The van der Waals surface area contributed by atoms with E-state index in [2.05, 4.69) is 19.9 Å². The molecule has 208 valence electrons. The van der Waals surface area contributed by atoms with E-state index in [0.29, 0.717) is 47.7 Å². The van der Waals surface area contributed by atoms with E-state index < -0.39 is 11.9 Å². The van der Waals surface area contributed by atoms with Crippen LogP contribution in [0.15, 0.2) is 72.1 Å². The Hall–Kier alpha value is -4.64. The van der Waals surface area contributed by atoms with E-state index in [0.717, 1.165) is 12.0 Å². The van der Waals surface area contributed by atoms with Gasteiger partial charge in [0.25, 0.3) is 0 Å². The Labute approximate surface area is 234 Å². The van der Waals surface area contributed by atoms with E-state index >= 15 is 0 Å². The van der Waals surface area contributed by atoms with Crippen molar-refractivity contribution in [2.24, 2.45) is 5.73 Å². The van der Waals surface area contributed by atoms with Crippen LogP contribution in [0.2, 0.25) is 0 Å². The Morgan fingerprint density at radius 3 is 2.40 bits per heavy atom. The number of hydrogen-bond acceptors (Lipinski definition) is 8. The first-order valence-electron chi connectivity index (χ1n) is 13.4. The number of nitrogens with two attached hydrogens (primary N) is 1. The molecule has 0 amide bonds. The number of esters is 1. The smallest absolute Gasteiger partial charge is 0.349 e. The normalized spacial score (nSPS) is 14.2. The molecule has 3 aromatic carbocycles. The average molecular weight is 543 g/mol. The lowest BCUT2D eigenvalue weighted by Crippen LogP contribution is -2.22. The lowest BCUT2D eigenvalue weighted by atomic mass is 9.83. The van der Waals surface area contributed by atoms with Crippen molar-refractivity contribution in [3.8, 4) is 34.8 Å². The molecule has 0 aliphatic carbocycles. The molecule has 0 bridgehead atoms. The summed E-state index contributed by atoms with van der Waals surface area (Å²) in [6.45, 7) is 8.92. The summed E-state index contributed by atoms with van der Waals surface area (Å²) < 4.78 is 28.5. The van der Waals surface area contributed by atoms with Gasteiger partial charge in [-0.05, 0) is 60.7 Å². The maximum Gasteiger partial charge on any atom is 0.349 e. The van der Waals surface area contributed by atoms with Crippen LogP contribution < -0.4 is 29.4 Å². The van der Waals surface area contributed by atoms with Crippen LogP contribution in [0, 0.1) is 11.3 Å². The molecule has 2 N–H and O–H groups in total. The molecule has 4 rings (SSSR count). The zero-order chi connectivity index (χ0) is 28.6. The molecule has 8 nitrogen and oxygen atoms in total. The van der Waals surface area contributed by atoms with Crippen molar-refractivity contribution < 1.29 is 28.5 Å². The second kappa shape index (κ2) is 12.9. The predicted molar refractivity (Wildman–Crippen MR) is 151 cm³/mol. The molecule has 0 spiro atoms. The van der Waals surface area contributed by atoms with Gasteiger partial charge in [-0.3, -0.25) is 0 Å². The number of nitrogens with zero attached hydrogens (tertiary/aromatic N) is 1. The molecule has 1 aliphatic rings. The van der Waals surface area contributed by atoms with Crippen molar-refractivity contribution in [1.29, 1.82) is 5.26 Å². The molecule has 40 heavy (non-hydrogen) atoms. The molecule has 1 aliphatic heterocycles. The summed E-state index contributed by atoms with van der Waals surface area (Å²) in [5, 5.41) is 9.92. The maximum absolute atomic E-state index is 12.5. The SMILES string of the molecule is CCCOc1ccc(C2C(C#N)=C(N)Oc3cc(OC(=O)COc4ccc(C(C)C)cc4)ccc32)cc1OCC. The van der Waals surface area contributed by atoms with Crippen LogP contribution in [0.4, 0.5) is 0 Å². The Morgan fingerprint density at radius 2 is 1.73 bits per heavy atom. The molecule has 1 atom stereocenters. The first-order valence-corrected chi connectivity index (χ1v) is 13.4. The molecule has 0 aromatic heterocycles. The van der Waals surface area contributed by atoms with Crippen LogP contribution in [0.1, 0.15) is 62.6 Å². The van der Waals surface area contributed by atoms with Crippen LogP contribution in [0.5, 0.6) is 28.7 Å². The maximum atomic E-state index is 12.5. The summed E-state index contributed by atoms with van der Waals surface area (Å²) in [5.74, 6) is 1.79. The molecule has 3 aromatic rings. The second-order valence-electron chi connectivity index (χ2n) is 9.60. The Morgan fingerprint density at radius 1 is 0.975 bits per heavy atom. The third-order valence-electron chi connectivity index (χ3n) is 6.39. The fourth-order valence-electron chi connectivity index (χ4n) is 4.40. The first kappa shape index (κ1) is 28.4. The number of hydrogen-bond donors (Lipinski definition) is 1. The molecule has 1 heterocycles. The number of benzene rings is 3. The fourth-order valence-corrected chi connectivity index (χ4v) is 4.40. The molecule has 8 heteroatoms. The van der Waals surface area contributed by atoms with Crippen LogP contribution in [-0.2, 0) is 4.79 Å². The highest BCUT2D eigenvalue weighted by Gasteiger charge is 2.32. The average Bonchev–Trinajstić information content (AvgIpc) is 2.95. The van der Waals surface area contributed by atoms with Crippen molar-refractivity contribution in [1.82, 2.24) is 0 Å². The third-order valence-corrected chi connectivity index (χ3v) is 6.39. The van der Waals surface area contributed by atoms with Gasteiger partial charge >= 0.3 is 5.97 Å². The van der Waals surface area contributed by atoms with E-state index in [4.69, 9.17) is 29.4 Å². The van der Waals surface area contributed by atoms with Gasteiger partial charge in [0, 0.05) is 11.6 Å². The summed E-state index contributed by atoms with van der Waals surface area (Å²) in [6.07, 6.45) is 0.864. The van der Waals surface area contributed by atoms with Crippen molar-refractivity contribution in [2.75, 3.05) is 19.8 Å². The number of nitriles is 1.